The Morgan fingerprint density at radius 2 is 1.96 bits per heavy atom. The number of hydrogen-bond donors (Lipinski definition) is 2. The lowest BCUT2D eigenvalue weighted by Gasteiger charge is -2.09. The second kappa shape index (κ2) is 6.77. The summed E-state index contributed by atoms with van der Waals surface area (Å²) in [7, 11) is -0.667. The third-order valence-corrected chi connectivity index (χ3v) is 5.35. The van der Waals surface area contributed by atoms with Crippen molar-refractivity contribution in [2.75, 3.05) is 12.4 Å². The molecule has 0 aliphatic carbocycles. The van der Waals surface area contributed by atoms with E-state index in [1.54, 1.807) is 30.1 Å². The van der Waals surface area contributed by atoms with Gasteiger partial charge in [0.25, 0.3) is 5.91 Å². The van der Waals surface area contributed by atoms with Crippen molar-refractivity contribution in [1.29, 1.82) is 0 Å². The van der Waals surface area contributed by atoms with Gasteiger partial charge in [-0.1, -0.05) is 6.07 Å². The van der Waals surface area contributed by atoms with Crippen molar-refractivity contribution >= 4 is 21.6 Å². The molecule has 1 amide bonds. The Morgan fingerprint density at radius 1 is 1.19 bits per heavy atom. The lowest BCUT2D eigenvalue weighted by molar-refractivity contribution is 0.101. The highest BCUT2D eigenvalue weighted by molar-refractivity contribution is 7.89. The molecule has 8 nitrogen and oxygen atoms in total. The van der Waals surface area contributed by atoms with E-state index < -0.39 is 15.9 Å². The summed E-state index contributed by atoms with van der Waals surface area (Å²) < 4.78 is 29.2. The largest absolute Gasteiger partial charge is 0.345 e. The summed E-state index contributed by atoms with van der Waals surface area (Å²) in [5, 5.41) is 7.03. The lowest BCUT2D eigenvalue weighted by Crippen LogP contribution is -2.18. The molecule has 9 heteroatoms. The molecule has 0 radical (unpaired) electrons. The van der Waals surface area contributed by atoms with Gasteiger partial charge in [-0.15, -0.1) is 0 Å². The Hall–Kier alpha value is -2.91. The summed E-state index contributed by atoms with van der Waals surface area (Å²) in [5.74, 6) is -0.403. The molecule has 2 heterocycles. The summed E-state index contributed by atoms with van der Waals surface area (Å²) in [6, 6.07) is 10.5. The number of aromatic nitrogens is 3. The SMILES string of the molecule is CNS(=O)(=O)c1cc(C(=O)Nc2cccc(-n3nccc3C)c2)n(C)c1. The fourth-order valence-electron chi connectivity index (χ4n) is 2.58. The van der Waals surface area contributed by atoms with Gasteiger partial charge in [-0.25, -0.2) is 17.8 Å². The summed E-state index contributed by atoms with van der Waals surface area (Å²) in [4.78, 5) is 12.6. The highest BCUT2D eigenvalue weighted by atomic mass is 32.2. The van der Waals surface area contributed by atoms with Crippen LogP contribution in [0.1, 0.15) is 16.2 Å². The van der Waals surface area contributed by atoms with Crippen LogP contribution in [0.5, 0.6) is 0 Å². The van der Waals surface area contributed by atoms with Crippen LogP contribution in [-0.2, 0) is 17.1 Å². The Morgan fingerprint density at radius 3 is 2.62 bits per heavy atom. The average Bonchev–Trinajstić information content (AvgIpc) is 3.21. The molecule has 0 saturated heterocycles. The molecule has 2 aromatic heterocycles. The third kappa shape index (κ3) is 3.39. The fourth-order valence-corrected chi connectivity index (χ4v) is 3.37. The zero-order valence-corrected chi connectivity index (χ0v) is 15.4. The fraction of sp³-hybridized carbons (Fsp3) is 0.176. The maximum Gasteiger partial charge on any atom is 0.272 e. The normalized spacial score (nSPS) is 11.5. The number of carbonyl (C=O) groups excluding carboxylic acids is 1. The zero-order chi connectivity index (χ0) is 18.9. The predicted octanol–water partition coefficient (Wildman–Crippen LogP) is 1.68. The lowest BCUT2D eigenvalue weighted by atomic mass is 10.2. The highest BCUT2D eigenvalue weighted by Gasteiger charge is 2.19. The van der Waals surface area contributed by atoms with E-state index in [1.807, 2.05) is 25.1 Å². The van der Waals surface area contributed by atoms with E-state index in [9.17, 15) is 13.2 Å². The van der Waals surface area contributed by atoms with Gasteiger partial charge >= 0.3 is 0 Å². The smallest absolute Gasteiger partial charge is 0.272 e. The molecular formula is C17H19N5O3S. The van der Waals surface area contributed by atoms with Gasteiger partial charge in [-0.2, -0.15) is 5.10 Å². The van der Waals surface area contributed by atoms with E-state index in [0.29, 0.717) is 5.69 Å². The van der Waals surface area contributed by atoms with Gasteiger partial charge in [0, 0.05) is 30.8 Å². The molecule has 0 unspecified atom stereocenters. The van der Waals surface area contributed by atoms with Crippen LogP contribution in [0.25, 0.3) is 5.69 Å². The predicted molar refractivity (Wildman–Crippen MR) is 97.9 cm³/mol. The van der Waals surface area contributed by atoms with Crippen LogP contribution in [0, 0.1) is 6.92 Å². The molecule has 3 rings (SSSR count). The summed E-state index contributed by atoms with van der Waals surface area (Å²) in [6.07, 6.45) is 3.10. The number of rotatable bonds is 5. The van der Waals surface area contributed by atoms with E-state index in [0.717, 1.165) is 11.4 Å². The first-order valence-corrected chi connectivity index (χ1v) is 9.32. The van der Waals surface area contributed by atoms with Gasteiger partial charge in [0.15, 0.2) is 0 Å². The van der Waals surface area contributed by atoms with Crippen molar-refractivity contribution in [1.82, 2.24) is 19.1 Å². The average molecular weight is 373 g/mol. The Labute approximate surface area is 151 Å². The van der Waals surface area contributed by atoms with E-state index in [2.05, 4.69) is 15.1 Å². The Balaban J connectivity index is 1.86. The molecule has 0 atom stereocenters. The molecule has 136 valence electrons. The number of nitrogens with one attached hydrogen (secondary N) is 2. The monoisotopic (exact) mass is 373 g/mol. The number of anilines is 1. The van der Waals surface area contributed by atoms with E-state index in [4.69, 9.17) is 0 Å². The number of hydrogen-bond acceptors (Lipinski definition) is 4. The molecule has 3 aromatic rings. The van der Waals surface area contributed by atoms with Gasteiger partial charge < -0.3 is 9.88 Å². The molecule has 0 bridgehead atoms. The van der Waals surface area contributed by atoms with Crippen molar-refractivity contribution in [3.63, 3.8) is 0 Å². The van der Waals surface area contributed by atoms with Crippen molar-refractivity contribution in [2.24, 2.45) is 7.05 Å². The zero-order valence-electron chi connectivity index (χ0n) is 14.6. The minimum Gasteiger partial charge on any atom is -0.345 e. The molecule has 2 N–H and O–H groups in total. The third-order valence-electron chi connectivity index (χ3n) is 3.97. The highest BCUT2D eigenvalue weighted by Crippen LogP contribution is 2.18. The molecule has 0 aliphatic heterocycles. The maximum absolute atomic E-state index is 12.6. The number of carbonyl (C=O) groups is 1. The molecule has 0 fully saturated rings. The van der Waals surface area contributed by atoms with Crippen molar-refractivity contribution < 1.29 is 13.2 Å². The maximum atomic E-state index is 12.6. The van der Waals surface area contributed by atoms with E-state index in [1.165, 1.54) is 23.9 Å². The quantitative estimate of drug-likeness (QED) is 0.711. The molecule has 1 aromatic carbocycles. The van der Waals surface area contributed by atoms with E-state index in [-0.39, 0.29) is 10.6 Å². The summed E-state index contributed by atoms with van der Waals surface area (Å²) >= 11 is 0. The van der Waals surface area contributed by atoms with Crippen molar-refractivity contribution in [3.8, 4) is 5.69 Å². The Kier molecular flexibility index (Phi) is 4.66. The second-order valence-corrected chi connectivity index (χ2v) is 7.65. The number of sulfonamides is 1. The summed E-state index contributed by atoms with van der Waals surface area (Å²) in [6.45, 7) is 1.94. The first kappa shape index (κ1) is 17.9. The van der Waals surface area contributed by atoms with Crippen LogP contribution in [0.4, 0.5) is 5.69 Å². The Bertz CT molecular complexity index is 1070. The van der Waals surface area contributed by atoms with E-state index >= 15 is 0 Å². The van der Waals surface area contributed by atoms with Crippen molar-refractivity contribution in [2.45, 2.75) is 11.8 Å². The first-order valence-electron chi connectivity index (χ1n) is 7.84. The molecular weight excluding hydrogens is 354 g/mol. The van der Waals surface area contributed by atoms with Crippen LogP contribution in [-0.4, -0.2) is 35.7 Å². The van der Waals surface area contributed by atoms with Crippen LogP contribution in [0.15, 0.2) is 53.7 Å². The van der Waals surface area contributed by atoms with Crippen LogP contribution < -0.4 is 10.0 Å². The number of nitrogens with zero attached hydrogens (tertiary/aromatic N) is 3. The number of aryl methyl sites for hydroxylation is 2. The molecule has 26 heavy (non-hydrogen) atoms. The first-order chi connectivity index (χ1) is 12.3. The number of amides is 1. The van der Waals surface area contributed by atoms with Gasteiger partial charge in [0.1, 0.15) is 10.6 Å². The number of benzene rings is 1. The topological polar surface area (TPSA) is 98.0 Å². The van der Waals surface area contributed by atoms with Crippen molar-refractivity contribution in [3.05, 3.63) is 60.2 Å². The molecule has 0 spiro atoms. The molecule has 0 aliphatic rings. The van der Waals surface area contributed by atoms with Crippen LogP contribution >= 0.6 is 0 Å². The van der Waals surface area contributed by atoms with Gasteiger partial charge in [-0.3, -0.25) is 4.79 Å². The summed E-state index contributed by atoms with van der Waals surface area (Å²) in [5.41, 5.74) is 2.61. The van der Waals surface area contributed by atoms with Gasteiger partial charge in [0.05, 0.1) is 5.69 Å². The van der Waals surface area contributed by atoms with Crippen LogP contribution in [0.2, 0.25) is 0 Å². The molecule has 0 saturated carbocycles. The second-order valence-electron chi connectivity index (χ2n) is 5.77. The minimum absolute atomic E-state index is 0.0357. The minimum atomic E-state index is -3.61. The van der Waals surface area contributed by atoms with Gasteiger partial charge in [0.2, 0.25) is 10.0 Å². The van der Waals surface area contributed by atoms with Crippen LogP contribution in [0.3, 0.4) is 0 Å². The standard InChI is InChI=1S/C17H19N5O3S/c1-12-7-8-19-22(12)14-6-4-5-13(9-14)20-17(23)16-10-15(11-21(16)3)26(24,25)18-2/h4-11,18H,1-3H3,(H,20,23). The van der Waals surface area contributed by atoms with Gasteiger partial charge in [-0.05, 0) is 44.3 Å².